The van der Waals surface area contributed by atoms with Crippen LogP contribution in [0.1, 0.15) is 16.8 Å². The molecule has 1 atom stereocenters. The first-order valence-corrected chi connectivity index (χ1v) is 8.13. The number of hydrogen-bond donors (Lipinski definition) is 1. The van der Waals surface area contributed by atoms with Gasteiger partial charge in [-0.1, -0.05) is 6.07 Å². The van der Waals surface area contributed by atoms with E-state index in [1.165, 1.54) is 18.3 Å². The van der Waals surface area contributed by atoms with Crippen molar-refractivity contribution in [2.75, 3.05) is 16.8 Å². The lowest BCUT2D eigenvalue weighted by Crippen LogP contribution is -2.17. The highest BCUT2D eigenvalue weighted by Crippen LogP contribution is 2.22. The van der Waals surface area contributed by atoms with Gasteiger partial charge in [-0.25, -0.2) is 9.37 Å². The highest BCUT2D eigenvalue weighted by molar-refractivity contribution is 7.99. The zero-order valence-corrected chi connectivity index (χ0v) is 12.6. The van der Waals surface area contributed by atoms with Crippen LogP contribution in [0.4, 0.5) is 10.1 Å². The first-order valence-electron chi connectivity index (χ1n) is 6.98. The molecule has 1 fully saturated rings. The average molecular weight is 318 g/mol. The highest BCUT2D eigenvalue weighted by Gasteiger charge is 2.18. The number of carbonyl (C=O) groups excluding carboxylic acids is 1. The topological polar surface area (TPSA) is 51.2 Å². The Morgan fingerprint density at radius 2 is 2.27 bits per heavy atom. The van der Waals surface area contributed by atoms with Crippen LogP contribution < -0.4 is 10.1 Å². The van der Waals surface area contributed by atoms with Gasteiger partial charge in [-0.3, -0.25) is 4.79 Å². The first kappa shape index (κ1) is 14.8. The van der Waals surface area contributed by atoms with E-state index in [9.17, 15) is 9.18 Å². The van der Waals surface area contributed by atoms with Crippen molar-refractivity contribution in [1.29, 1.82) is 0 Å². The fourth-order valence-electron chi connectivity index (χ4n) is 2.16. The summed E-state index contributed by atoms with van der Waals surface area (Å²) in [5.41, 5.74) is 0.844. The van der Waals surface area contributed by atoms with Gasteiger partial charge in [0.2, 0.25) is 5.88 Å². The van der Waals surface area contributed by atoms with Gasteiger partial charge in [-0.2, -0.15) is 11.8 Å². The fraction of sp³-hybridized carbons (Fsp3) is 0.250. The van der Waals surface area contributed by atoms with Crippen molar-refractivity contribution in [3.8, 4) is 5.88 Å². The van der Waals surface area contributed by atoms with Gasteiger partial charge in [-0.15, -0.1) is 0 Å². The third kappa shape index (κ3) is 3.76. The SMILES string of the molecule is O=C(Nc1cccc(F)c1)c1ccnc(OC2CCSC2)c1. The number of rotatable bonds is 4. The third-order valence-corrected chi connectivity index (χ3v) is 4.39. The van der Waals surface area contributed by atoms with Crippen molar-refractivity contribution < 1.29 is 13.9 Å². The average Bonchev–Trinajstić information content (AvgIpc) is 3.00. The molecule has 0 saturated carbocycles. The summed E-state index contributed by atoms with van der Waals surface area (Å²) < 4.78 is 18.9. The normalized spacial score (nSPS) is 17.2. The van der Waals surface area contributed by atoms with Gasteiger partial charge in [0.15, 0.2) is 0 Å². The summed E-state index contributed by atoms with van der Waals surface area (Å²) in [4.78, 5) is 16.3. The quantitative estimate of drug-likeness (QED) is 0.939. The number of anilines is 1. The molecule has 1 N–H and O–H groups in total. The minimum Gasteiger partial charge on any atom is -0.473 e. The summed E-state index contributed by atoms with van der Waals surface area (Å²) in [7, 11) is 0. The summed E-state index contributed by atoms with van der Waals surface area (Å²) in [6.45, 7) is 0. The molecule has 0 aliphatic carbocycles. The van der Waals surface area contributed by atoms with Crippen molar-refractivity contribution >= 4 is 23.4 Å². The highest BCUT2D eigenvalue weighted by atomic mass is 32.2. The molecule has 22 heavy (non-hydrogen) atoms. The minimum absolute atomic E-state index is 0.152. The number of halogens is 1. The van der Waals surface area contributed by atoms with Gasteiger partial charge in [0.25, 0.3) is 5.91 Å². The zero-order valence-electron chi connectivity index (χ0n) is 11.8. The van der Waals surface area contributed by atoms with Gasteiger partial charge in [0.05, 0.1) is 0 Å². The summed E-state index contributed by atoms with van der Waals surface area (Å²) in [5.74, 6) is 1.76. The van der Waals surface area contributed by atoms with Gasteiger partial charge in [0.1, 0.15) is 11.9 Å². The minimum atomic E-state index is -0.393. The number of thioether (sulfide) groups is 1. The molecule has 1 aromatic heterocycles. The lowest BCUT2D eigenvalue weighted by atomic mass is 10.2. The smallest absolute Gasteiger partial charge is 0.255 e. The predicted molar refractivity (Wildman–Crippen MR) is 84.9 cm³/mol. The van der Waals surface area contributed by atoms with Crippen LogP contribution in [0.3, 0.4) is 0 Å². The number of pyridine rings is 1. The van der Waals surface area contributed by atoms with Gasteiger partial charge >= 0.3 is 0 Å². The molecule has 1 saturated heterocycles. The molecule has 2 aromatic rings. The maximum atomic E-state index is 13.1. The molecule has 1 aromatic carbocycles. The van der Waals surface area contributed by atoms with E-state index in [1.54, 1.807) is 24.3 Å². The Balaban J connectivity index is 1.69. The molecule has 2 heterocycles. The number of carbonyl (C=O) groups is 1. The molecule has 114 valence electrons. The maximum Gasteiger partial charge on any atom is 0.255 e. The second kappa shape index (κ2) is 6.79. The van der Waals surface area contributed by atoms with E-state index in [1.807, 2.05) is 11.8 Å². The molecule has 0 radical (unpaired) electrons. The van der Waals surface area contributed by atoms with Crippen molar-refractivity contribution in [3.63, 3.8) is 0 Å². The van der Waals surface area contributed by atoms with E-state index in [-0.39, 0.29) is 12.0 Å². The number of hydrogen-bond acceptors (Lipinski definition) is 4. The number of benzene rings is 1. The van der Waals surface area contributed by atoms with Gasteiger partial charge in [-0.05, 0) is 36.4 Å². The third-order valence-electron chi connectivity index (χ3n) is 3.25. The van der Waals surface area contributed by atoms with E-state index in [0.717, 1.165) is 17.9 Å². The largest absolute Gasteiger partial charge is 0.473 e. The Hall–Kier alpha value is -2.08. The van der Waals surface area contributed by atoms with Crippen LogP contribution in [0.2, 0.25) is 0 Å². The first-order chi connectivity index (χ1) is 10.7. The predicted octanol–water partition coefficient (Wildman–Crippen LogP) is 3.36. The van der Waals surface area contributed by atoms with Gasteiger partial charge in [0, 0.05) is 29.3 Å². The Bertz CT molecular complexity index is 675. The van der Waals surface area contributed by atoms with Crippen molar-refractivity contribution in [1.82, 2.24) is 4.98 Å². The van der Waals surface area contributed by atoms with Crippen LogP contribution in [-0.4, -0.2) is 28.5 Å². The van der Waals surface area contributed by atoms with Crippen molar-refractivity contribution in [2.45, 2.75) is 12.5 Å². The summed E-state index contributed by atoms with van der Waals surface area (Å²) in [6.07, 6.45) is 2.68. The number of aromatic nitrogens is 1. The lowest BCUT2D eigenvalue weighted by molar-refractivity contribution is 0.102. The van der Waals surface area contributed by atoms with Gasteiger partial charge < -0.3 is 10.1 Å². The van der Waals surface area contributed by atoms with Crippen LogP contribution >= 0.6 is 11.8 Å². The van der Waals surface area contributed by atoms with Crippen molar-refractivity contribution in [3.05, 3.63) is 54.0 Å². The van der Waals surface area contributed by atoms with Crippen LogP contribution in [-0.2, 0) is 0 Å². The van der Waals surface area contributed by atoms with Crippen LogP contribution in [0.5, 0.6) is 5.88 Å². The second-order valence-corrected chi connectivity index (χ2v) is 6.10. The summed E-state index contributed by atoms with van der Waals surface area (Å²) in [6, 6.07) is 8.99. The fourth-order valence-corrected chi connectivity index (χ4v) is 3.26. The molecule has 6 heteroatoms. The van der Waals surface area contributed by atoms with Crippen LogP contribution in [0.15, 0.2) is 42.6 Å². The molecular weight excluding hydrogens is 303 g/mol. The molecule has 3 rings (SSSR count). The molecule has 0 bridgehead atoms. The van der Waals surface area contributed by atoms with E-state index < -0.39 is 5.82 Å². The molecule has 0 spiro atoms. The Kier molecular flexibility index (Phi) is 4.58. The summed E-state index contributed by atoms with van der Waals surface area (Å²) in [5, 5.41) is 2.65. The van der Waals surface area contributed by atoms with E-state index >= 15 is 0 Å². The molecule has 4 nitrogen and oxygen atoms in total. The number of nitrogens with zero attached hydrogens (tertiary/aromatic N) is 1. The van der Waals surface area contributed by atoms with E-state index in [2.05, 4.69) is 10.3 Å². The maximum absolute atomic E-state index is 13.1. The standard InChI is InChI=1S/C16H15FN2O2S/c17-12-2-1-3-13(9-12)19-16(20)11-4-6-18-15(8-11)21-14-5-7-22-10-14/h1-4,6,8-9,14H,5,7,10H2,(H,19,20). The Labute approximate surface area is 132 Å². The molecule has 1 unspecified atom stereocenters. The molecule has 1 amide bonds. The number of ether oxygens (including phenoxy) is 1. The van der Waals surface area contributed by atoms with Crippen molar-refractivity contribution in [2.24, 2.45) is 0 Å². The molecule has 1 aliphatic rings. The Morgan fingerprint density at radius 1 is 1.36 bits per heavy atom. The number of amides is 1. The number of nitrogens with one attached hydrogen (secondary N) is 1. The Morgan fingerprint density at radius 3 is 3.05 bits per heavy atom. The second-order valence-electron chi connectivity index (χ2n) is 4.95. The summed E-state index contributed by atoms with van der Waals surface area (Å²) >= 11 is 1.85. The van der Waals surface area contributed by atoms with E-state index in [4.69, 9.17) is 4.74 Å². The molecule has 1 aliphatic heterocycles. The monoisotopic (exact) mass is 318 g/mol. The van der Waals surface area contributed by atoms with E-state index in [0.29, 0.717) is 17.1 Å². The molecular formula is C16H15FN2O2S. The lowest BCUT2D eigenvalue weighted by Gasteiger charge is -2.12. The van der Waals surface area contributed by atoms with Crippen LogP contribution in [0.25, 0.3) is 0 Å². The zero-order chi connectivity index (χ0) is 15.4. The van der Waals surface area contributed by atoms with Crippen LogP contribution in [0, 0.1) is 5.82 Å².